The highest BCUT2D eigenvalue weighted by atomic mass is 16.3. The van der Waals surface area contributed by atoms with Gasteiger partial charge in [0.15, 0.2) is 0 Å². The van der Waals surface area contributed by atoms with Gasteiger partial charge in [-0.3, -0.25) is 9.69 Å². The number of hydrogen-bond donors (Lipinski definition) is 2. The van der Waals surface area contributed by atoms with Crippen molar-refractivity contribution in [2.75, 3.05) is 19.6 Å². The molecule has 0 aliphatic carbocycles. The van der Waals surface area contributed by atoms with E-state index in [9.17, 15) is 9.90 Å². The first kappa shape index (κ1) is 16.0. The van der Waals surface area contributed by atoms with E-state index in [1.807, 2.05) is 32.0 Å². The highest BCUT2D eigenvalue weighted by Crippen LogP contribution is 2.21. The number of carbonyl (C=O) groups is 1. The van der Waals surface area contributed by atoms with Crippen LogP contribution in [-0.2, 0) is 11.2 Å². The normalized spacial score (nSPS) is 22.0. The largest absolute Gasteiger partial charge is 0.393 e. The van der Waals surface area contributed by atoms with Crippen molar-refractivity contribution in [1.82, 2.24) is 10.2 Å². The van der Waals surface area contributed by atoms with Crippen LogP contribution in [0.4, 0.5) is 0 Å². The molecule has 0 spiro atoms. The van der Waals surface area contributed by atoms with Crippen molar-refractivity contribution in [3.05, 3.63) is 35.9 Å². The molecule has 4 nitrogen and oxygen atoms in total. The molecule has 1 fully saturated rings. The van der Waals surface area contributed by atoms with Crippen LogP contribution in [0.3, 0.4) is 0 Å². The second-order valence-electron chi connectivity index (χ2n) is 5.99. The molecule has 2 N–H and O–H groups in total. The molecular formula is C17H26N2O2. The summed E-state index contributed by atoms with van der Waals surface area (Å²) in [4.78, 5) is 14.3. The Bertz CT molecular complexity index is 447. The van der Waals surface area contributed by atoms with Crippen LogP contribution >= 0.6 is 0 Å². The van der Waals surface area contributed by atoms with Crippen molar-refractivity contribution in [2.45, 2.75) is 38.8 Å². The molecule has 0 aromatic heterocycles. The number of nitrogens with one attached hydrogen (secondary N) is 1. The molecule has 1 aliphatic rings. The molecule has 1 amide bonds. The van der Waals surface area contributed by atoms with Crippen LogP contribution < -0.4 is 5.32 Å². The number of amides is 1. The Kier molecular flexibility index (Phi) is 5.76. The van der Waals surface area contributed by atoms with Gasteiger partial charge in [0, 0.05) is 13.1 Å². The fourth-order valence-electron chi connectivity index (χ4n) is 2.85. The Morgan fingerprint density at radius 3 is 2.71 bits per heavy atom. The monoisotopic (exact) mass is 290 g/mol. The molecule has 3 unspecified atom stereocenters. The number of aliphatic hydroxyl groups is 1. The summed E-state index contributed by atoms with van der Waals surface area (Å²) in [5, 5.41) is 12.6. The molecule has 0 bridgehead atoms. The Labute approximate surface area is 127 Å². The second-order valence-corrected chi connectivity index (χ2v) is 5.99. The van der Waals surface area contributed by atoms with Gasteiger partial charge >= 0.3 is 0 Å². The lowest BCUT2D eigenvalue weighted by atomic mass is 10.0. The molecule has 116 valence electrons. The van der Waals surface area contributed by atoms with Crippen LogP contribution in [0, 0.1) is 5.92 Å². The number of nitrogens with zero attached hydrogens (tertiary/aromatic N) is 1. The molecule has 2 rings (SSSR count). The van der Waals surface area contributed by atoms with E-state index in [0.717, 1.165) is 25.9 Å². The first-order valence-corrected chi connectivity index (χ1v) is 7.81. The number of likely N-dealkylation sites (tertiary alicyclic amines) is 1. The van der Waals surface area contributed by atoms with Gasteiger partial charge in [0.2, 0.25) is 5.91 Å². The SMILES string of the molecule is CC(O)C1CCN(C(C)C(=O)NCCc2ccccc2)C1. The summed E-state index contributed by atoms with van der Waals surface area (Å²) in [6.07, 6.45) is 1.54. The summed E-state index contributed by atoms with van der Waals surface area (Å²) in [6.45, 7) is 6.15. The highest BCUT2D eigenvalue weighted by Gasteiger charge is 2.31. The van der Waals surface area contributed by atoms with Crippen LogP contribution in [0.1, 0.15) is 25.8 Å². The lowest BCUT2D eigenvalue weighted by Gasteiger charge is -2.24. The number of hydrogen-bond acceptors (Lipinski definition) is 3. The fraction of sp³-hybridized carbons (Fsp3) is 0.588. The minimum absolute atomic E-state index is 0.0807. The van der Waals surface area contributed by atoms with Gasteiger partial charge in [-0.25, -0.2) is 0 Å². The summed E-state index contributed by atoms with van der Waals surface area (Å²) in [6, 6.07) is 10.0. The maximum Gasteiger partial charge on any atom is 0.237 e. The van der Waals surface area contributed by atoms with Crippen molar-refractivity contribution >= 4 is 5.91 Å². The predicted octanol–water partition coefficient (Wildman–Crippen LogP) is 1.44. The van der Waals surface area contributed by atoms with Gasteiger partial charge in [-0.1, -0.05) is 30.3 Å². The van der Waals surface area contributed by atoms with E-state index in [1.165, 1.54) is 5.56 Å². The van der Waals surface area contributed by atoms with Gasteiger partial charge in [-0.05, 0) is 44.7 Å². The molecular weight excluding hydrogens is 264 g/mol. The van der Waals surface area contributed by atoms with E-state index < -0.39 is 0 Å². The third kappa shape index (κ3) is 4.55. The number of benzene rings is 1. The Hall–Kier alpha value is -1.39. The summed E-state index contributed by atoms with van der Waals surface area (Å²) in [7, 11) is 0. The van der Waals surface area contributed by atoms with Crippen molar-refractivity contribution in [2.24, 2.45) is 5.92 Å². The van der Waals surface area contributed by atoms with E-state index in [4.69, 9.17) is 0 Å². The third-order valence-corrected chi connectivity index (χ3v) is 4.42. The van der Waals surface area contributed by atoms with Gasteiger partial charge in [0.1, 0.15) is 0 Å². The van der Waals surface area contributed by atoms with E-state index in [2.05, 4.69) is 22.3 Å². The highest BCUT2D eigenvalue weighted by molar-refractivity contribution is 5.81. The van der Waals surface area contributed by atoms with E-state index in [0.29, 0.717) is 12.5 Å². The van der Waals surface area contributed by atoms with Gasteiger partial charge < -0.3 is 10.4 Å². The molecule has 0 radical (unpaired) electrons. The van der Waals surface area contributed by atoms with Gasteiger partial charge in [0.05, 0.1) is 12.1 Å². The Balaban J connectivity index is 1.73. The summed E-state index contributed by atoms with van der Waals surface area (Å²) >= 11 is 0. The molecule has 1 heterocycles. The zero-order valence-corrected chi connectivity index (χ0v) is 13.0. The van der Waals surface area contributed by atoms with E-state index in [1.54, 1.807) is 0 Å². The van der Waals surface area contributed by atoms with Crippen molar-refractivity contribution in [3.8, 4) is 0 Å². The first-order chi connectivity index (χ1) is 10.1. The molecule has 21 heavy (non-hydrogen) atoms. The minimum atomic E-state index is -0.289. The van der Waals surface area contributed by atoms with Crippen LogP contribution in [0.15, 0.2) is 30.3 Å². The number of aliphatic hydroxyl groups excluding tert-OH is 1. The molecule has 1 aromatic rings. The maximum atomic E-state index is 12.2. The standard InChI is InChI=1S/C17H26N2O2/c1-13(19-11-9-16(12-19)14(2)20)17(21)18-10-8-15-6-4-3-5-7-15/h3-7,13-14,16,20H,8-12H2,1-2H3,(H,18,21). The van der Waals surface area contributed by atoms with E-state index >= 15 is 0 Å². The van der Waals surface area contributed by atoms with Gasteiger partial charge in [0.25, 0.3) is 0 Å². The lowest BCUT2D eigenvalue weighted by molar-refractivity contribution is -0.125. The van der Waals surface area contributed by atoms with Crippen molar-refractivity contribution < 1.29 is 9.90 Å². The molecule has 1 aromatic carbocycles. The van der Waals surface area contributed by atoms with Crippen LogP contribution in [0.2, 0.25) is 0 Å². The lowest BCUT2D eigenvalue weighted by Crippen LogP contribution is -2.44. The summed E-state index contributed by atoms with van der Waals surface area (Å²) in [5.41, 5.74) is 1.24. The maximum absolute atomic E-state index is 12.2. The summed E-state index contributed by atoms with van der Waals surface area (Å²) < 4.78 is 0. The molecule has 4 heteroatoms. The number of rotatable bonds is 6. The first-order valence-electron chi connectivity index (χ1n) is 7.81. The number of carbonyl (C=O) groups excluding carboxylic acids is 1. The van der Waals surface area contributed by atoms with Crippen LogP contribution in [0.25, 0.3) is 0 Å². The van der Waals surface area contributed by atoms with Crippen LogP contribution in [-0.4, -0.2) is 47.7 Å². The topological polar surface area (TPSA) is 52.6 Å². The average Bonchev–Trinajstić information content (AvgIpc) is 2.97. The summed E-state index contributed by atoms with van der Waals surface area (Å²) in [5.74, 6) is 0.377. The molecule has 1 saturated heterocycles. The molecule has 3 atom stereocenters. The predicted molar refractivity (Wildman–Crippen MR) is 84.0 cm³/mol. The average molecular weight is 290 g/mol. The Morgan fingerprint density at radius 2 is 2.10 bits per heavy atom. The van der Waals surface area contributed by atoms with E-state index in [-0.39, 0.29) is 18.1 Å². The van der Waals surface area contributed by atoms with Gasteiger partial charge in [-0.2, -0.15) is 0 Å². The third-order valence-electron chi connectivity index (χ3n) is 4.42. The Morgan fingerprint density at radius 1 is 1.38 bits per heavy atom. The van der Waals surface area contributed by atoms with Crippen LogP contribution in [0.5, 0.6) is 0 Å². The fourth-order valence-corrected chi connectivity index (χ4v) is 2.85. The second kappa shape index (κ2) is 7.57. The van der Waals surface area contributed by atoms with Gasteiger partial charge in [-0.15, -0.1) is 0 Å². The molecule has 1 aliphatic heterocycles. The smallest absolute Gasteiger partial charge is 0.237 e. The zero-order valence-electron chi connectivity index (χ0n) is 13.0. The van der Waals surface area contributed by atoms with Crippen molar-refractivity contribution in [3.63, 3.8) is 0 Å². The molecule has 0 saturated carbocycles. The minimum Gasteiger partial charge on any atom is -0.393 e. The van der Waals surface area contributed by atoms with Crippen molar-refractivity contribution in [1.29, 1.82) is 0 Å². The zero-order chi connectivity index (χ0) is 15.2. The quantitative estimate of drug-likeness (QED) is 0.833.